The zero-order valence-electron chi connectivity index (χ0n) is 11.8. The molecule has 24 heavy (non-hydrogen) atoms. The minimum atomic E-state index is -4.69. The molecule has 0 saturated carbocycles. The Labute approximate surface area is 131 Å². The van der Waals surface area contributed by atoms with Crippen LogP contribution in [0.15, 0.2) is 51.6 Å². The fourth-order valence-corrected chi connectivity index (χ4v) is 2.23. The van der Waals surface area contributed by atoms with Gasteiger partial charge in [-0.25, -0.2) is 0 Å². The summed E-state index contributed by atoms with van der Waals surface area (Å²) in [6.07, 6.45) is -3.26. The number of rotatable bonds is 2. The minimum Gasteiger partial charge on any atom is -0.356 e. The molecule has 0 unspecified atom stereocenters. The van der Waals surface area contributed by atoms with Crippen LogP contribution in [0.1, 0.15) is 5.89 Å². The van der Waals surface area contributed by atoms with Gasteiger partial charge in [0.25, 0.3) is 0 Å². The quantitative estimate of drug-likeness (QED) is 0.553. The molecule has 0 bridgehead atoms. The van der Waals surface area contributed by atoms with Gasteiger partial charge < -0.3 is 9.05 Å². The molecule has 0 aliphatic heterocycles. The van der Waals surface area contributed by atoms with Crippen molar-refractivity contribution in [3.8, 4) is 22.8 Å². The lowest BCUT2D eigenvalue weighted by Crippen LogP contribution is -2.04. The molecular weight excluding hydrogens is 325 g/mol. The number of alkyl halides is 3. The van der Waals surface area contributed by atoms with Crippen molar-refractivity contribution in [2.24, 2.45) is 0 Å². The zero-order chi connectivity index (χ0) is 16.7. The summed E-state index contributed by atoms with van der Waals surface area (Å²) in [4.78, 5) is 7.54. The molecule has 0 amide bonds. The van der Waals surface area contributed by atoms with Crippen LogP contribution in [0.2, 0.25) is 0 Å². The van der Waals surface area contributed by atoms with Gasteiger partial charge in [0.2, 0.25) is 5.82 Å². The van der Waals surface area contributed by atoms with E-state index < -0.39 is 12.1 Å². The summed E-state index contributed by atoms with van der Waals surface area (Å²) < 4.78 is 47.1. The highest BCUT2D eigenvalue weighted by molar-refractivity contribution is 5.90. The number of aromatic nitrogens is 4. The first-order valence-electron chi connectivity index (χ1n) is 6.74. The second-order valence-electron chi connectivity index (χ2n) is 4.88. The molecule has 0 aliphatic rings. The van der Waals surface area contributed by atoms with Crippen LogP contribution in [0.4, 0.5) is 13.2 Å². The van der Waals surface area contributed by atoms with Crippen LogP contribution in [-0.2, 0) is 6.18 Å². The second kappa shape index (κ2) is 5.15. The minimum absolute atomic E-state index is 0.182. The maximum Gasteiger partial charge on any atom is 0.471 e. The standard InChI is InChI=1S/C15H7F3N4O2/c16-15(17,18)14-20-13(22-24-14)8-5-6-19-10(7-8)12-9-3-1-2-4-11(9)23-21-12/h1-7H. The van der Waals surface area contributed by atoms with Crippen molar-refractivity contribution in [1.29, 1.82) is 0 Å². The van der Waals surface area contributed by atoms with Gasteiger partial charge in [0, 0.05) is 11.8 Å². The SMILES string of the molecule is FC(F)(F)c1nc(-c2ccnc(-c3noc4ccccc34)c2)no1. The third-order valence-corrected chi connectivity index (χ3v) is 3.31. The summed E-state index contributed by atoms with van der Waals surface area (Å²) in [7, 11) is 0. The lowest BCUT2D eigenvalue weighted by atomic mass is 10.1. The topological polar surface area (TPSA) is 77.8 Å². The molecule has 0 fully saturated rings. The van der Waals surface area contributed by atoms with E-state index in [1.54, 1.807) is 12.1 Å². The van der Waals surface area contributed by atoms with Gasteiger partial charge in [-0.3, -0.25) is 4.98 Å². The highest BCUT2D eigenvalue weighted by atomic mass is 19.4. The largest absolute Gasteiger partial charge is 0.471 e. The Bertz CT molecular complexity index is 1020. The van der Waals surface area contributed by atoms with Crippen molar-refractivity contribution in [3.05, 3.63) is 48.5 Å². The maximum absolute atomic E-state index is 12.6. The van der Waals surface area contributed by atoms with E-state index in [1.165, 1.54) is 18.3 Å². The summed E-state index contributed by atoms with van der Waals surface area (Å²) in [5, 5.41) is 8.06. The number of nitrogens with zero attached hydrogens (tertiary/aromatic N) is 4. The summed E-state index contributed by atoms with van der Waals surface area (Å²) in [5.41, 5.74) is 1.81. The van der Waals surface area contributed by atoms with Gasteiger partial charge in [-0.1, -0.05) is 22.4 Å². The fourth-order valence-electron chi connectivity index (χ4n) is 2.23. The predicted octanol–water partition coefficient (Wildman–Crippen LogP) is 3.96. The monoisotopic (exact) mass is 332 g/mol. The Morgan fingerprint density at radius 2 is 1.79 bits per heavy atom. The van der Waals surface area contributed by atoms with Gasteiger partial charge in [-0.05, 0) is 24.3 Å². The van der Waals surface area contributed by atoms with E-state index in [4.69, 9.17) is 4.52 Å². The van der Waals surface area contributed by atoms with Gasteiger partial charge in [0.1, 0.15) is 5.69 Å². The van der Waals surface area contributed by atoms with E-state index in [-0.39, 0.29) is 5.82 Å². The van der Waals surface area contributed by atoms with Crippen LogP contribution < -0.4 is 0 Å². The van der Waals surface area contributed by atoms with Crippen molar-refractivity contribution >= 4 is 11.0 Å². The molecule has 120 valence electrons. The Kier molecular flexibility index (Phi) is 3.08. The molecule has 0 spiro atoms. The molecule has 1 aromatic carbocycles. The molecule has 0 saturated heterocycles. The van der Waals surface area contributed by atoms with Crippen molar-refractivity contribution in [1.82, 2.24) is 20.3 Å². The first-order chi connectivity index (χ1) is 11.5. The molecule has 3 heterocycles. The highest BCUT2D eigenvalue weighted by Gasteiger charge is 2.38. The van der Waals surface area contributed by atoms with Gasteiger partial charge in [0.05, 0.1) is 11.1 Å². The van der Waals surface area contributed by atoms with Crippen molar-refractivity contribution in [2.75, 3.05) is 0 Å². The van der Waals surface area contributed by atoms with Crippen LogP contribution in [-0.4, -0.2) is 20.3 Å². The number of hydrogen-bond donors (Lipinski definition) is 0. The zero-order valence-corrected chi connectivity index (χ0v) is 11.8. The smallest absolute Gasteiger partial charge is 0.356 e. The van der Waals surface area contributed by atoms with Crippen LogP contribution in [0, 0.1) is 0 Å². The van der Waals surface area contributed by atoms with E-state index in [2.05, 4.69) is 24.8 Å². The molecule has 4 aromatic rings. The molecule has 0 radical (unpaired) electrons. The van der Waals surface area contributed by atoms with Crippen LogP contribution in [0.3, 0.4) is 0 Å². The van der Waals surface area contributed by atoms with E-state index >= 15 is 0 Å². The van der Waals surface area contributed by atoms with Gasteiger partial charge in [-0.15, -0.1) is 0 Å². The number of para-hydroxylation sites is 1. The summed E-state index contributed by atoms with van der Waals surface area (Å²) in [6, 6.07) is 10.2. The van der Waals surface area contributed by atoms with E-state index in [1.807, 2.05) is 12.1 Å². The summed E-state index contributed by atoms with van der Waals surface area (Å²) >= 11 is 0. The van der Waals surface area contributed by atoms with Crippen LogP contribution >= 0.6 is 0 Å². The Morgan fingerprint density at radius 1 is 0.958 bits per heavy atom. The lowest BCUT2D eigenvalue weighted by Gasteiger charge is -1.99. The number of fused-ring (bicyclic) bond motifs is 1. The van der Waals surface area contributed by atoms with Crippen molar-refractivity contribution in [2.45, 2.75) is 6.18 Å². The average Bonchev–Trinajstić information content (AvgIpc) is 3.22. The fraction of sp³-hybridized carbons (Fsp3) is 0.0667. The normalized spacial score (nSPS) is 12.0. The molecule has 9 heteroatoms. The van der Waals surface area contributed by atoms with E-state index in [9.17, 15) is 13.2 Å². The molecule has 3 aromatic heterocycles. The van der Waals surface area contributed by atoms with Crippen LogP contribution in [0.5, 0.6) is 0 Å². The first kappa shape index (κ1) is 14.4. The summed E-state index contributed by atoms with van der Waals surface area (Å²) in [5.74, 6) is -1.58. The van der Waals surface area contributed by atoms with Gasteiger partial charge in [-0.2, -0.15) is 18.2 Å². The number of hydrogen-bond acceptors (Lipinski definition) is 6. The summed E-state index contributed by atoms with van der Waals surface area (Å²) in [6.45, 7) is 0. The Balaban J connectivity index is 1.78. The van der Waals surface area contributed by atoms with E-state index in [0.717, 1.165) is 5.39 Å². The molecular formula is C15H7F3N4O2. The third kappa shape index (κ3) is 2.39. The Morgan fingerprint density at radius 3 is 2.58 bits per heavy atom. The molecule has 0 aliphatic carbocycles. The maximum atomic E-state index is 12.6. The number of halogens is 3. The Hall–Kier alpha value is -3.23. The van der Waals surface area contributed by atoms with Crippen molar-refractivity contribution in [3.63, 3.8) is 0 Å². The predicted molar refractivity (Wildman–Crippen MR) is 75.5 cm³/mol. The molecule has 0 atom stereocenters. The van der Waals surface area contributed by atoms with Gasteiger partial charge in [0.15, 0.2) is 5.58 Å². The van der Waals surface area contributed by atoms with Crippen molar-refractivity contribution < 1.29 is 22.2 Å². The van der Waals surface area contributed by atoms with Crippen LogP contribution in [0.25, 0.3) is 33.7 Å². The number of pyridine rings is 1. The third-order valence-electron chi connectivity index (χ3n) is 3.31. The highest BCUT2D eigenvalue weighted by Crippen LogP contribution is 2.31. The van der Waals surface area contributed by atoms with E-state index in [0.29, 0.717) is 22.5 Å². The molecule has 0 N–H and O–H groups in total. The molecule has 6 nitrogen and oxygen atoms in total. The second-order valence-corrected chi connectivity index (χ2v) is 4.88. The van der Waals surface area contributed by atoms with Gasteiger partial charge >= 0.3 is 12.1 Å². The number of benzene rings is 1. The molecule has 4 rings (SSSR count). The first-order valence-corrected chi connectivity index (χ1v) is 6.74. The average molecular weight is 332 g/mol. The lowest BCUT2D eigenvalue weighted by molar-refractivity contribution is -0.159.